The van der Waals surface area contributed by atoms with Crippen LogP contribution in [-0.4, -0.2) is 19.9 Å². The zero-order valence-electron chi connectivity index (χ0n) is 10.9. The van der Waals surface area contributed by atoms with Gasteiger partial charge in [-0.2, -0.15) is 0 Å². The van der Waals surface area contributed by atoms with Gasteiger partial charge in [0.1, 0.15) is 6.61 Å². The van der Waals surface area contributed by atoms with E-state index in [4.69, 9.17) is 11.6 Å². The maximum Gasteiger partial charge on any atom is 0.169 e. The van der Waals surface area contributed by atoms with Crippen LogP contribution in [0.25, 0.3) is 17.1 Å². The average Bonchev–Trinajstić information content (AvgIpc) is 2.92. The van der Waals surface area contributed by atoms with Gasteiger partial charge in [-0.1, -0.05) is 29.8 Å². The fourth-order valence-electron chi connectivity index (χ4n) is 2.11. The fourth-order valence-corrected chi connectivity index (χ4v) is 2.97. The molecule has 106 valence electrons. The molecule has 3 aromatic rings. The van der Waals surface area contributed by atoms with Crippen molar-refractivity contribution in [2.75, 3.05) is 0 Å². The van der Waals surface area contributed by atoms with E-state index in [1.165, 1.54) is 0 Å². The lowest BCUT2D eigenvalue weighted by Gasteiger charge is -2.10. The van der Waals surface area contributed by atoms with E-state index < -0.39 is 0 Å². The van der Waals surface area contributed by atoms with E-state index in [2.05, 4.69) is 26.1 Å². The van der Waals surface area contributed by atoms with Crippen molar-refractivity contribution in [2.24, 2.45) is 0 Å². The molecule has 0 saturated heterocycles. The van der Waals surface area contributed by atoms with Gasteiger partial charge in [0, 0.05) is 20.7 Å². The summed E-state index contributed by atoms with van der Waals surface area (Å²) >= 11 is 9.47. The van der Waals surface area contributed by atoms with Crippen LogP contribution in [0.15, 0.2) is 53.0 Å². The Bertz CT molecular complexity index is 774. The summed E-state index contributed by atoms with van der Waals surface area (Å²) in [5.74, 6) is 1.13. The lowest BCUT2D eigenvalue weighted by molar-refractivity contribution is 0.269. The summed E-state index contributed by atoms with van der Waals surface area (Å²) < 4.78 is 2.65. The second-order valence-corrected chi connectivity index (χ2v) is 5.68. The zero-order chi connectivity index (χ0) is 14.8. The second-order valence-electron chi connectivity index (χ2n) is 4.39. The van der Waals surface area contributed by atoms with E-state index in [1.54, 1.807) is 12.1 Å². The van der Waals surface area contributed by atoms with Crippen LogP contribution >= 0.6 is 27.5 Å². The smallest absolute Gasteiger partial charge is 0.169 e. The van der Waals surface area contributed by atoms with Crippen molar-refractivity contribution in [3.05, 3.63) is 63.9 Å². The molecule has 0 spiro atoms. The van der Waals surface area contributed by atoms with Crippen molar-refractivity contribution in [2.45, 2.75) is 6.61 Å². The van der Waals surface area contributed by atoms with Crippen LogP contribution in [-0.2, 0) is 6.61 Å². The number of hydrogen-bond acceptors (Lipinski definition) is 3. The van der Waals surface area contributed by atoms with Gasteiger partial charge in [-0.25, -0.2) is 0 Å². The minimum absolute atomic E-state index is 0.187. The number of aliphatic hydroxyl groups excluding tert-OH is 1. The topological polar surface area (TPSA) is 50.9 Å². The van der Waals surface area contributed by atoms with Crippen LogP contribution in [0.5, 0.6) is 0 Å². The minimum Gasteiger partial charge on any atom is -0.388 e. The number of benzene rings is 2. The zero-order valence-corrected chi connectivity index (χ0v) is 13.2. The van der Waals surface area contributed by atoms with Crippen molar-refractivity contribution < 1.29 is 5.11 Å². The highest BCUT2D eigenvalue weighted by Gasteiger charge is 2.16. The molecule has 0 bridgehead atoms. The number of nitrogens with zero attached hydrogens (tertiary/aromatic N) is 3. The third kappa shape index (κ3) is 2.72. The number of para-hydroxylation sites is 1. The molecule has 0 fully saturated rings. The lowest BCUT2D eigenvalue weighted by Crippen LogP contribution is -2.03. The molecule has 0 saturated carbocycles. The Morgan fingerprint density at radius 3 is 2.52 bits per heavy atom. The van der Waals surface area contributed by atoms with Gasteiger partial charge < -0.3 is 5.11 Å². The molecule has 0 aliphatic heterocycles. The molecular formula is C15H11BrClN3O. The summed E-state index contributed by atoms with van der Waals surface area (Å²) in [6, 6.07) is 15.1. The monoisotopic (exact) mass is 363 g/mol. The molecule has 2 aromatic carbocycles. The Morgan fingerprint density at radius 2 is 1.86 bits per heavy atom. The van der Waals surface area contributed by atoms with Crippen LogP contribution in [0.3, 0.4) is 0 Å². The quantitative estimate of drug-likeness (QED) is 0.768. The van der Waals surface area contributed by atoms with Gasteiger partial charge in [0.25, 0.3) is 0 Å². The summed E-state index contributed by atoms with van der Waals surface area (Å²) in [6.07, 6.45) is 0. The molecule has 0 aliphatic rings. The third-order valence-electron chi connectivity index (χ3n) is 3.06. The van der Waals surface area contributed by atoms with Crippen LogP contribution in [0.2, 0.25) is 5.02 Å². The van der Waals surface area contributed by atoms with Crippen LogP contribution < -0.4 is 0 Å². The van der Waals surface area contributed by atoms with Gasteiger partial charge in [-0.05, 0) is 46.3 Å². The highest BCUT2D eigenvalue weighted by molar-refractivity contribution is 9.10. The lowest BCUT2D eigenvalue weighted by atomic mass is 10.2. The van der Waals surface area contributed by atoms with E-state index >= 15 is 0 Å². The predicted molar refractivity (Wildman–Crippen MR) is 85.4 cm³/mol. The number of halogens is 2. The Balaban J connectivity index is 2.22. The molecule has 3 rings (SSSR count). The highest BCUT2D eigenvalue weighted by atomic mass is 79.9. The van der Waals surface area contributed by atoms with Crippen molar-refractivity contribution in [3.63, 3.8) is 0 Å². The number of aliphatic hydroxyl groups is 1. The molecule has 1 aromatic heterocycles. The standard InChI is InChI=1S/C15H11BrClN3O/c16-13-8-10(17)6-7-12(13)15-19-18-14(9-21)20(15)11-4-2-1-3-5-11/h1-8,21H,9H2. The van der Waals surface area contributed by atoms with Crippen LogP contribution in [0.1, 0.15) is 5.82 Å². The highest BCUT2D eigenvalue weighted by Crippen LogP contribution is 2.31. The fraction of sp³-hybridized carbons (Fsp3) is 0.0667. The van der Waals surface area contributed by atoms with Gasteiger partial charge in [-0.3, -0.25) is 4.57 Å². The molecule has 1 N–H and O–H groups in total. The molecule has 6 heteroatoms. The maximum absolute atomic E-state index is 9.50. The Labute approximate surface area is 135 Å². The number of hydrogen-bond donors (Lipinski definition) is 1. The largest absolute Gasteiger partial charge is 0.388 e. The first-order chi connectivity index (χ1) is 10.2. The Morgan fingerprint density at radius 1 is 1.10 bits per heavy atom. The third-order valence-corrected chi connectivity index (χ3v) is 3.95. The summed E-state index contributed by atoms with van der Waals surface area (Å²) in [5, 5.41) is 18.4. The van der Waals surface area contributed by atoms with E-state index in [1.807, 2.05) is 41.0 Å². The predicted octanol–water partition coefficient (Wildman–Crippen LogP) is 3.84. The van der Waals surface area contributed by atoms with Crippen molar-refractivity contribution in [1.29, 1.82) is 0 Å². The number of aromatic nitrogens is 3. The van der Waals surface area contributed by atoms with Gasteiger partial charge in [0.15, 0.2) is 11.6 Å². The summed E-state index contributed by atoms with van der Waals surface area (Å²) in [7, 11) is 0. The molecule has 0 atom stereocenters. The first-order valence-corrected chi connectivity index (χ1v) is 7.44. The van der Waals surface area contributed by atoms with E-state index in [0.29, 0.717) is 16.7 Å². The van der Waals surface area contributed by atoms with Gasteiger partial charge >= 0.3 is 0 Å². The van der Waals surface area contributed by atoms with Crippen molar-refractivity contribution >= 4 is 27.5 Å². The van der Waals surface area contributed by atoms with E-state index in [-0.39, 0.29) is 6.61 Å². The SMILES string of the molecule is OCc1nnc(-c2ccc(Cl)cc2Br)n1-c1ccccc1. The molecule has 0 amide bonds. The van der Waals surface area contributed by atoms with Crippen molar-refractivity contribution in [3.8, 4) is 17.1 Å². The average molecular weight is 365 g/mol. The summed E-state index contributed by atoms with van der Waals surface area (Å²) in [4.78, 5) is 0. The molecule has 0 aliphatic carbocycles. The van der Waals surface area contributed by atoms with Gasteiger partial charge in [-0.15, -0.1) is 10.2 Å². The normalized spacial score (nSPS) is 10.8. The van der Waals surface area contributed by atoms with E-state index in [0.717, 1.165) is 15.7 Å². The maximum atomic E-state index is 9.50. The van der Waals surface area contributed by atoms with Crippen molar-refractivity contribution in [1.82, 2.24) is 14.8 Å². The molecule has 0 unspecified atom stereocenters. The molecule has 1 heterocycles. The van der Waals surface area contributed by atoms with Gasteiger partial charge in [0.2, 0.25) is 0 Å². The minimum atomic E-state index is -0.187. The Hall–Kier alpha value is -1.69. The molecule has 21 heavy (non-hydrogen) atoms. The van der Waals surface area contributed by atoms with E-state index in [9.17, 15) is 5.11 Å². The molecule has 4 nitrogen and oxygen atoms in total. The second kappa shape index (κ2) is 5.97. The Kier molecular flexibility index (Phi) is 4.05. The summed E-state index contributed by atoms with van der Waals surface area (Å²) in [6.45, 7) is -0.187. The van der Waals surface area contributed by atoms with Crippen LogP contribution in [0, 0.1) is 0 Å². The molecular weight excluding hydrogens is 354 g/mol. The number of rotatable bonds is 3. The molecule has 0 radical (unpaired) electrons. The van der Waals surface area contributed by atoms with Crippen LogP contribution in [0.4, 0.5) is 0 Å². The van der Waals surface area contributed by atoms with Gasteiger partial charge in [0.05, 0.1) is 0 Å². The first-order valence-electron chi connectivity index (χ1n) is 6.26. The first kappa shape index (κ1) is 14.3. The summed E-state index contributed by atoms with van der Waals surface area (Å²) in [5.41, 5.74) is 1.75.